The standard InChI is InChI=1S/C46H52ClN9O7/c1-4-32(57)24-63-38-20-29-19-30(5-8-36(29)55(27(2)3)44(38)62)49-40-35(47)22-48-45(51-40)53-17-15-52(16-18-53)23-28-11-13-46(14-12-28)25-54(26-46)31-6-7-33-34(21-31)43(61)56(42(33)60)37-9-10-39(58)50-41(37)59/h5-8,19-22,27-28,37H,4,9-18,23-26H2,1-3H3,(H,48,49,51)(H,50,58,59). The number of ketones is 1. The molecule has 0 bridgehead atoms. The first kappa shape index (κ1) is 42.4. The molecule has 1 atom stereocenters. The Kier molecular flexibility index (Phi) is 11.5. The van der Waals surface area contributed by atoms with Gasteiger partial charge in [0.25, 0.3) is 17.4 Å². The SMILES string of the molecule is CCC(=O)COc1cc2cc(Nc3nc(N4CCN(CC5CCC6(CC5)CN(c5ccc7c(c5)C(=O)N(C5CCC(=O)NC5=O)C7=O)C6)CC4)ncc3Cl)ccc2n(C(C)C)c1=O. The van der Waals surface area contributed by atoms with E-state index in [9.17, 15) is 28.8 Å². The van der Waals surface area contributed by atoms with Gasteiger partial charge in [0.2, 0.25) is 17.8 Å². The minimum absolute atomic E-state index is 0.0845. The van der Waals surface area contributed by atoms with Crippen molar-refractivity contribution in [2.45, 2.75) is 77.8 Å². The van der Waals surface area contributed by atoms with Gasteiger partial charge in [0.1, 0.15) is 17.7 Å². The van der Waals surface area contributed by atoms with Crippen molar-refractivity contribution in [2.75, 3.05) is 67.5 Å². The number of fused-ring (bicyclic) bond motifs is 2. The molecule has 0 radical (unpaired) electrons. The van der Waals surface area contributed by atoms with Crippen molar-refractivity contribution < 1.29 is 28.7 Å². The Balaban J connectivity index is 0.765. The molecule has 1 saturated carbocycles. The predicted molar refractivity (Wildman–Crippen MR) is 238 cm³/mol. The van der Waals surface area contributed by atoms with E-state index in [4.69, 9.17) is 21.3 Å². The van der Waals surface area contributed by atoms with Crippen molar-refractivity contribution in [1.82, 2.24) is 29.7 Å². The largest absolute Gasteiger partial charge is 0.480 e. The molecule has 2 N–H and O–H groups in total. The highest BCUT2D eigenvalue weighted by atomic mass is 35.5. The first-order chi connectivity index (χ1) is 30.3. The van der Waals surface area contributed by atoms with E-state index in [0.29, 0.717) is 40.3 Å². The van der Waals surface area contributed by atoms with Gasteiger partial charge in [0, 0.05) is 86.9 Å². The van der Waals surface area contributed by atoms with Crippen LogP contribution in [0, 0.1) is 11.3 Å². The summed E-state index contributed by atoms with van der Waals surface area (Å²) in [6.45, 7) is 11.7. The number of nitrogens with one attached hydrogen (secondary N) is 2. The zero-order valence-corrected chi connectivity index (χ0v) is 36.6. The molecule has 4 aliphatic heterocycles. The lowest BCUT2D eigenvalue weighted by atomic mass is 9.65. The Hall–Kier alpha value is -5.87. The normalized spacial score (nSPS) is 20.4. The van der Waals surface area contributed by atoms with E-state index in [0.717, 1.165) is 85.8 Å². The number of pyridine rings is 1. The fourth-order valence-corrected chi connectivity index (χ4v) is 10.0. The maximum atomic E-state index is 13.4. The van der Waals surface area contributed by atoms with Crippen LogP contribution >= 0.6 is 11.6 Å². The van der Waals surface area contributed by atoms with Crippen LogP contribution in [0.2, 0.25) is 5.02 Å². The van der Waals surface area contributed by atoms with E-state index < -0.39 is 29.7 Å². The van der Waals surface area contributed by atoms with E-state index in [1.54, 1.807) is 35.9 Å². The van der Waals surface area contributed by atoms with Crippen molar-refractivity contribution in [2.24, 2.45) is 11.3 Å². The number of Topliss-reactive ketones (excluding diaryl/α,β-unsaturated/α-hetero) is 1. The second-order valence-corrected chi connectivity index (χ2v) is 18.4. The van der Waals surface area contributed by atoms with Gasteiger partial charge in [-0.3, -0.25) is 43.9 Å². The van der Waals surface area contributed by atoms with Crippen molar-refractivity contribution >= 4 is 75.1 Å². The van der Waals surface area contributed by atoms with Crippen LogP contribution in [-0.2, 0) is 14.4 Å². The van der Waals surface area contributed by atoms with Crippen LogP contribution in [0.15, 0.2) is 53.5 Å². The molecule has 5 aliphatic rings. The minimum Gasteiger partial charge on any atom is -0.480 e. The molecule has 17 heteroatoms. The summed E-state index contributed by atoms with van der Waals surface area (Å²) in [7, 11) is 0. The Morgan fingerprint density at radius 1 is 0.937 bits per heavy atom. The lowest BCUT2D eigenvalue weighted by Crippen LogP contribution is -2.58. The number of piperidine rings is 1. The molecule has 6 heterocycles. The third-order valence-electron chi connectivity index (χ3n) is 13.5. The number of imide groups is 2. The Bertz CT molecular complexity index is 2570. The number of ether oxygens (including phenoxy) is 1. The van der Waals surface area contributed by atoms with E-state index in [-0.39, 0.29) is 48.0 Å². The van der Waals surface area contributed by atoms with Gasteiger partial charge < -0.3 is 24.4 Å². The molecule has 1 unspecified atom stereocenters. The molecule has 16 nitrogen and oxygen atoms in total. The smallest absolute Gasteiger partial charge is 0.293 e. The number of hydrogen-bond donors (Lipinski definition) is 2. The van der Waals surface area contributed by atoms with Crippen LogP contribution in [-0.4, -0.2) is 112 Å². The van der Waals surface area contributed by atoms with Crippen LogP contribution in [0.25, 0.3) is 10.9 Å². The van der Waals surface area contributed by atoms with Crippen molar-refractivity contribution in [3.05, 3.63) is 75.2 Å². The van der Waals surface area contributed by atoms with Gasteiger partial charge in [0.05, 0.1) is 22.8 Å². The first-order valence-electron chi connectivity index (χ1n) is 22.0. The lowest BCUT2D eigenvalue weighted by Gasteiger charge is -2.55. The second kappa shape index (κ2) is 17.0. The molecule has 1 spiro atoms. The average molecular weight is 878 g/mol. The number of rotatable bonds is 12. The summed E-state index contributed by atoms with van der Waals surface area (Å²) in [5.41, 5.74) is 2.98. The number of amides is 4. The summed E-state index contributed by atoms with van der Waals surface area (Å²) in [5, 5.41) is 6.76. The molecule has 2 aromatic carbocycles. The highest BCUT2D eigenvalue weighted by Crippen LogP contribution is 2.48. The van der Waals surface area contributed by atoms with E-state index in [1.807, 2.05) is 38.1 Å². The molecular formula is C46H52ClN9O7. The summed E-state index contributed by atoms with van der Waals surface area (Å²) < 4.78 is 7.35. The maximum absolute atomic E-state index is 13.4. The van der Waals surface area contributed by atoms with Gasteiger partial charge in [-0.15, -0.1) is 0 Å². The number of halogens is 1. The van der Waals surface area contributed by atoms with Gasteiger partial charge in [-0.05, 0) is 94.3 Å². The molecule has 330 valence electrons. The molecular weight excluding hydrogens is 826 g/mol. The highest BCUT2D eigenvalue weighted by molar-refractivity contribution is 6.33. The minimum atomic E-state index is -0.972. The first-order valence-corrected chi connectivity index (χ1v) is 22.4. The molecule has 4 aromatic rings. The number of carbonyl (C=O) groups is 5. The molecule has 9 rings (SSSR count). The van der Waals surface area contributed by atoms with E-state index >= 15 is 0 Å². The number of carbonyl (C=O) groups excluding carboxylic acids is 5. The lowest BCUT2D eigenvalue weighted by molar-refractivity contribution is -0.136. The van der Waals surface area contributed by atoms with Gasteiger partial charge in [-0.1, -0.05) is 18.5 Å². The Labute approximate surface area is 369 Å². The fourth-order valence-electron chi connectivity index (χ4n) is 9.90. The summed E-state index contributed by atoms with van der Waals surface area (Å²) in [6.07, 6.45) is 6.81. The molecule has 3 saturated heterocycles. The van der Waals surface area contributed by atoms with E-state index in [2.05, 4.69) is 30.3 Å². The van der Waals surface area contributed by atoms with Crippen LogP contribution in [0.3, 0.4) is 0 Å². The molecule has 63 heavy (non-hydrogen) atoms. The van der Waals surface area contributed by atoms with Crippen LogP contribution in [0.1, 0.15) is 92.5 Å². The average Bonchev–Trinajstić information content (AvgIpc) is 3.50. The van der Waals surface area contributed by atoms with E-state index in [1.165, 1.54) is 12.8 Å². The summed E-state index contributed by atoms with van der Waals surface area (Å²) in [6, 6.07) is 11.6. The zero-order chi connectivity index (χ0) is 44.2. The number of aromatic nitrogens is 3. The second-order valence-electron chi connectivity index (χ2n) is 18.0. The maximum Gasteiger partial charge on any atom is 0.293 e. The monoisotopic (exact) mass is 877 g/mol. The highest BCUT2D eigenvalue weighted by Gasteiger charge is 2.48. The predicted octanol–water partition coefficient (Wildman–Crippen LogP) is 5.35. The molecule has 4 amide bonds. The molecule has 4 fully saturated rings. The topological polar surface area (TPSA) is 179 Å². The fraction of sp³-hybridized carbons (Fsp3) is 0.478. The van der Waals surface area contributed by atoms with Gasteiger partial charge in [-0.25, -0.2) is 4.98 Å². The summed E-state index contributed by atoms with van der Waals surface area (Å²) in [5.74, 6) is -0.204. The van der Waals surface area contributed by atoms with Crippen molar-refractivity contribution in [1.29, 1.82) is 0 Å². The number of nitrogens with zero attached hydrogens (tertiary/aromatic N) is 7. The summed E-state index contributed by atoms with van der Waals surface area (Å²) >= 11 is 6.61. The number of piperazine rings is 1. The number of benzene rings is 2. The van der Waals surface area contributed by atoms with Gasteiger partial charge in [0.15, 0.2) is 17.4 Å². The molecule has 1 aliphatic carbocycles. The molecule has 2 aromatic heterocycles. The Morgan fingerprint density at radius 2 is 1.68 bits per heavy atom. The van der Waals surface area contributed by atoms with Crippen LogP contribution in [0.4, 0.5) is 23.1 Å². The van der Waals surface area contributed by atoms with Gasteiger partial charge in [-0.2, -0.15) is 4.98 Å². The zero-order valence-electron chi connectivity index (χ0n) is 35.8. The Morgan fingerprint density at radius 3 is 2.40 bits per heavy atom. The third kappa shape index (κ3) is 8.26. The van der Waals surface area contributed by atoms with Gasteiger partial charge >= 0.3 is 0 Å². The number of anilines is 4. The summed E-state index contributed by atoms with van der Waals surface area (Å²) in [4.78, 5) is 93.3. The quantitative estimate of drug-likeness (QED) is 0.174. The van der Waals surface area contributed by atoms with Crippen molar-refractivity contribution in [3.63, 3.8) is 0 Å². The van der Waals surface area contributed by atoms with Crippen LogP contribution < -0.4 is 30.7 Å². The number of hydrogen-bond acceptors (Lipinski definition) is 13. The third-order valence-corrected chi connectivity index (χ3v) is 13.8. The van der Waals surface area contributed by atoms with Crippen molar-refractivity contribution in [3.8, 4) is 5.75 Å². The van der Waals surface area contributed by atoms with Crippen LogP contribution in [0.5, 0.6) is 5.75 Å².